The fourth-order valence-corrected chi connectivity index (χ4v) is 4.19. The molecular formula is C22H16BrN3O2S. The fourth-order valence-electron chi connectivity index (χ4n) is 2.57. The van der Waals surface area contributed by atoms with Crippen LogP contribution in [-0.4, -0.2) is 11.8 Å². The number of carbonyl (C=O) groups is 2. The van der Waals surface area contributed by atoms with Crippen LogP contribution in [0.1, 0.15) is 11.8 Å². The van der Waals surface area contributed by atoms with E-state index in [1.54, 1.807) is 30.3 Å². The minimum absolute atomic E-state index is 0.0106. The van der Waals surface area contributed by atoms with Crippen LogP contribution >= 0.6 is 27.3 Å². The standard InChI is InChI=1S/C22H16BrN3O2S/c1-14(27)25-16-6-8-17(9-7-16)26-22(28)15(13-24)12-18-10-11-21(29-18)19-4-2-3-5-20(19)23/h2-12H,1H3,(H,25,27)(H,26,28)/b15-12+. The van der Waals surface area contributed by atoms with Gasteiger partial charge in [-0.2, -0.15) is 5.26 Å². The predicted octanol–water partition coefficient (Wildman–Crippen LogP) is 5.68. The van der Waals surface area contributed by atoms with Gasteiger partial charge < -0.3 is 10.6 Å². The third kappa shape index (κ3) is 5.41. The topological polar surface area (TPSA) is 82.0 Å². The molecule has 1 aromatic heterocycles. The summed E-state index contributed by atoms with van der Waals surface area (Å²) in [5, 5.41) is 14.8. The molecule has 0 unspecified atom stereocenters. The van der Waals surface area contributed by atoms with E-state index in [9.17, 15) is 14.9 Å². The zero-order chi connectivity index (χ0) is 20.8. The van der Waals surface area contributed by atoms with Crippen LogP contribution in [0.3, 0.4) is 0 Å². The molecule has 0 saturated heterocycles. The Bertz CT molecular complexity index is 1130. The lowest BCUT2D eigenvalue weighted by molar-refractivity contribution is -0.114. The van der Waals surface area contributed by atoms with E-state index in [1.165, 1.54) is 18.3 Å². The molecule has 0 aliphatic carbocycles. The monoisotopic (exact) mass is 465 g/mol. The molecule has 3 aromatic rings. The molecule has 0 radical (unpaired) electrons. The third-order valence-corrected chi connectivity index (χ3v) is 5.64. The highest BCUT2D eigenvalue weighted by Crippen LogP contribution is 2.34. The Labute approximate surface area is 180 Å². The molecule has 1 heterocycles. The molecule has 0 fully saturated rings. The van der Waals surface area contributed by atoms with Crippen molar-refractivity contribution in [2.45, 2.75) is 6.92 Å². The van der Waals surface area contributed by atoms with Gasteiger partial charge in [-0.3, -0.25) is 9.59 Å². The van der Waals surface area contributed by atoms with Crippen molar-refractivity contribution in [2.75, 3.05) is 10.6 Å². The number of hydrogen-bond donors (Lipinski definition) is 2. The van der Waals surface area contributed by atoms with Crippen LogP contribution in [0.15, 0.2) is 70.7 Å². The quantitative estimate of drug-likeness (QED) is 0.375. The molecule has 0 saturated carbocycles. The Morgan fingerprint density at radius 2 is 1.66 bits per heavy atom. The summed E-state index contributed by atoms with van der Waals surface area (Å²) in [5.74, 6) is -0.662. The summed E-state index contributed by atoms with van der Waals surface area (Å²) in [4.78, 5) is 25.4. The first-order valence-electron chi connectivity index (χ1n) is 8.62. The van der Waals surface area contributed by atoms with E-state index in [4.69, 9.17) is 0 Å². The van der Waals surface area contributed by atoms with E-state index in [0.717, 1.165) is 19.8 Å². The average Bonchev–Trinajstić information content (AvgIpc) is 3.16. The molecule has 2 N–H and O–H groups in total. The highest BCUT2D eigenvalue weighted by molar-refractivity contribution is 9.10. The van der Waals surface area contributed by atoms with Crippen LogP contribution in [0.5, 0.6) is 0 Å². The molecule has 0 bridgehead atoms. The van der Waals surface area contributed by atoms with E-state index in [-0.39, 0.29) is 11.5 Å². The van der Waals surface area contributed by atoms with Crippen molar-refractivity contribution < 1.29 is 9.59 Å². The number of halogens is 1. The molecule has 0 spiro atoms. The molecular weight excluding hydrogens is 450 g/mol. The van der Waals surface area contributed by atoms with Crippen LogP contribution in [0.25, 0.3) is 16.5 Å². The van der Waals surface area contributed by atoms with E-state index in [1.807, 2.05) is 42.5 Å². The number of anilines is 2. The number of hydrogen-bond acceptors (Lipinski definition) is 4. The number of amides is 2. The molecule has 0 aliphatic heterocycles. The number of nitrogens with one attached hydrogen (secondary N) is 2. The van der Waals surface area contributed by atoms with Gasteiger partial charge >= 0.3 is 0 Å². The molecule has 2 amide bonds. The highest BCUT2D eigenvalue weighted by Gasteiger charge is 2.11. The fraction of sp³-hybridized carbons (Fsp3) is 0.0455. The summed E-state index contributed by atoms with van der Waals surface area (Å²) in [6, 6.07) is 20.4. The van der Waals surface area contributed by atoms with Crippen molar-refractivity contribution in [3.8, 4) is 16.5 Å². The zero-order valence-corrected chi connectivity index (χ0v) is 17.8. The number of nitrogens with zero attached hydrogens (tertiary/aromatic N) is 1. The second-order valence-electron chi connectivity index (χ2n) is 6.06. The molecule has 2 aromatic carbocycles. The zero-order valence-electron chi connectivity index (χ0n) is 15.4. The van der Waals surface area contributed by atoms with Crippen LogP contribution < -0.4 is 10.6 Å². The van der Waals surface area contributed by atoms with E-state index in [2.05, 4.69) is 26.6 Å². The van der Waals surface area contributed by atoms with E-state index >= 15 is 0 Å². The Morgan fingerprint density at radius 1 is 1.00 bits per heavy atom. The maximum atomic E-state index is 12.5. The summed E-state index contributed by atoms with van der Waals surface area (Å²) in [6.07, 6.45) is 1.58. The second kappa shape index (κ2) is 9.32. The van der Waals surface area contributed by atoms with Crippen LogP contribution in [0.4, 0.5) is 11.4 Å². The lowest BCUT2D eigenvalue weighted by Crippen LogP contribution is -2.13. The molecule has 5 nitrogen and oxygen atoms in total. The number of carbonyl (C=O) groups excluding carboxylic acids is 2. The third-order valence-electron chi connectivity index (χ3n) is 3.88. The number of nitriles is 1. The molecule has 0 atom stereocenters. The predicted molar refractivity (Wildman–Crippen MR) is 120 cm³/mol. The van der Waals surface area contributed by atoms with Gasteiger partial charge in [-0.1, -0.05) is 34.1 Å². The minimum Gasteiger partial charge on any atom is -0.326 e. The summed E-state index contributed by atoms with van der Waals surface area (Å²) in [5.41, 5.74) is 2.23. The summed E-state index contributed by atoms with van der Waals surface area (Å²) >= 11 is 5.03. The van der Waals surface area contributed by atoms with E-state index in [0.29, 0.717) is 11.4 Å². The first kappa shape index (κ1) is 20.5. The number of benzene rings is 2. The van der Waals surface area contributed by atoms with Gasteiger partial charge in [0, 0.05) is 38.1 Å². The van der Waals surface area contributed by atoms with Crippen molar-refractivity contribution in [3.05, 3.63) is 75.6 Å². The van der Waals surface area contributed by atoms with Crippen molar-refractivity contribution in [3.63, 3.8) is 0 Å². The van der Waals surface area contributed by atoms with Gasteiger partial charge in [-0.05, 0) is 48.5 Å². The number of thiophene rings is 1. The lowest BCUT2D eigenvalue weighted by atomic mass is 10.2. The maximum Gasteiger partial charge on any atom is 0.266 e. The maximum absolute atomic E-state index is 12.5. The Kier molecular flexibility index (Phi) is 6.60. The van der Waals surface area contributed by atoms with Crippen molar-refractivity contribution in [2.24, 2.45) is 0 Å². The number of rotatable bonds is 5. The molecule has 0 aliphatic rings. The van der Waals surface area contributed by atoms with Crippen molar-refractivity contribution in [1.29, 1.82) is 5.26 Å². The Morgan fingerprint density at radius 3 is 2.28 bits per heavy atom. The lowest BCUT2D eigenvalue weighted by Gasteiger charge is -2.06. The van der Waals surface area contributed by atoms with Gasteiger partial charge in [0.1, 0.15) is 11.6 Å². The largest absolute Gasteiger partial charge is 0.326 e. The normalized spacial score (nSPS) is 10.9. The summed E-state index contributed by atoms with van der Waals surface area (Å²) in [7, 11) is 0. The van der Waals surface area contributed by atoms with Gasteiger partial charge in [0.2, 0.25) is 5.91 Å². The van der Waals surface area contributed by atoms with Crippen LogP contribution in [-0.2, 0) is 9.59 Å². The van der Waals surface area contributed by atoms with Gasteiger partial charge in [-0.15, -0.1) is 11.3 Å². The summed E-state index contributed by atoms with van der Waals surface area (Å²) in [6.45, 7) is 1.42. The van der Waals surface area contributed by atoms with Crippen LogP contribution in [0.2, 0.25) is 0 Å². The molecule has 3 rings (SSSR count). The molecule has 144 valence electrons. The van der Waals surface area contributed by atoms with Gasteiger partial charge in [-0.25, -0.2) is 0 Å². The average molecular weight is 466 g/mol. The van der Waals surface area contributed by atoms with Crippen LogP contribution in [0, 0.1) is 11.3 Å². The Balaban J connectivity index is 1.75. The minimum atomic E-state index is -0.490. The molecule has 29 heavy (non-hydrogen) atoms. The SMILES string of the molecule is CC(=O)Nc1ccc(NC(=O)/C(C#N)=C/c2ccc(-c3ccccc3Br)s2)cc1. The van der Waals surface area contributed by atoms with Gasteiger partial charge in [0.25, 0.3) is 5.91 Å². The van der Waals surface area contributed by atoms with Gasteiger partial charge in [0.15, 0.2) is 0 Å². The van der Waals surface area contributed by atoms with Crippen molar-refractivity contribution in [1.82, 2.24) is 0 Å². The smallest absolute Gasteiger partial charge is 0.266 e. The first-order chi connectivity index (χ1) is 14.0. The second-order valence-corrected chi connectivity index (χ2v) is 8.03. The summed E-state index contributed by atoms with van der Waals surface area (Å²) < 4.78 is 0.985. The first-order valence-corrected chi connectivity index (χ1v) is 10.2. The van der Waals surface area contributed by atoms with E-state index < -0.39 is 5.91 Å². The van der Waals surface area contributed by atoms with Gasteiger partial charge in [0.05, 0.1) is 0 Å². The Hall–Kier alpha value is -3.21. The highest BCUT2D eigenvalue weighted by atomic mass is 79.9. The van der Waals surface area contributed by atoms with Crippen molar-refractivity contribution >= 4 is 56.5 Å². The molecule has 7 heteroatoms.